The Kier molecular flexibility index (Phi) is 6.77. The molecule has 0 bridgehead atoms. The first kappa shape index (κ1) is 19.3. The van der Waals surface area contributed by atoms with E-state index >= 15 is 0 Å². The highest BCUT2D eigenvalue weighted by atomic mass is 35.5. The molecule has 0 aliphatic carbocycles. The Labute approximate surface area is 156 Å². The van der Waals surface area contributed by atoms with Crippen molar-refractivity contribution in [3.05, 3.63) is 46.6 Å². The minimum Gasteiger partial charge on any atom is -0.490 e. The van der Waals surface area contributed by atoms with Crippen molar-refractivity contribution in [3.8, 4) is 5.75 Å². The third-order valence-electron chi connectivity index (χ3n) is 2.99. The third kappa shape index (κ3) is 4.77. The van der Waals surface area contributed by atoms with E-state index in [9.17, 15) is 8.42 Å². The van der Waals surface area contributed by atoms with Gasteiger partial charge < -0.3 is 4.74 Å². The van der Waals surface area contributed by atoms with Gasteiger partial charge in [0.25, 0.3) is 0 Å². The molecule has 0 radical (unpaired) electrons. The summed E-state index contributed by atoms with van der Waals surface area (Å²) in [6.07, 6.45) is 1.35. The average Bonchev–Trinajstić information content (AvgIpc) is 2.54. The van der Waals surface area contributed by atoms with Crippen molar-refractivity contribution in [1.82, 2.24) is 9.29 Å². The topological polar surface area (TPSA) is 59.5 Å². The molecule has 24 heavy (non-hydrogen) atoms. The van der Waals surface area contributed by atoms with Gasteiger partial charge in [0, 0.05) is 26.0 Å². The minimum atomic E-state index is -3.46. The van der Waals surface area contributed by atoms with Crippen LogP contribution in [0, 0.1) is 0 Å². The van der Waals surface area contributed by atoms with Crippen molar-refractivity contribution in [2.24, 2.45) is 0 Å². The molecular weight excluding hydrogens is 391 g/mol. The second kappa shape index (κ2) is 8.40. The van der Waals surface area contributed by atoms with Crippen molar-refractivity contribution < 1.29 is 13.2 Å². The molecule has 2 aromatic rings. The van der Waals surface area contributed by atoms with Gasteiger partial charge in [-0.2, -0.15) is 0 Å². The summed E-state index contributed by atoms with van der Waals surface area (Å²) in [5, 5.41) is 1.63. The number of pyridine rings is 1. The highest BCUT2D eigenvalue weighted by molar-refractivity contribution is 7.99. The fraction of sp³-hybridized carbons (Fsp3) is 0.267. The standard InChI is InChI=1S/C15H16Cl2N2O3S2/c1-19(2)24(20,21)11-6-7-14(18-10-11)23-9-8-22-15-12(16)4-3-5-13(15)17/h3-7,10H,8-9H2,1-2H3. The molecule has 0 N–H and O–H groups in total. The molecular formula is C15H16Cl2N2O3S2. The van der Waals surface area contributed by atoms with Crippen LogP contribution < -0.4 is 4.74 Å². The smallest absolute Gasteiger partial charge is 0.244 e. The van der Waals surface area contributed by atoms with E-state index in [2.05, 4.69) is 4.98 Å². The average molecular weight is 407 g/mol. The van der Waals surface area contributed by atoms with Gasteiger partial charge >= 0.3 is 0 Å². The normalized spacial score (nSPS) is 11.7. The molecule has 0 unspecified atom stereocenters. The van der Waals surface area contributed by atoms with E-state index in [-0.39, 0.29) is 4.90 Å². The van der Waals surface area contributed by atoms with Crippen LogP contribution in [0.4, 0.5) is 0 Å². The fourth-order valence-electron chi connectivity index (χ4n) is 1.73. The van der Waals surface area contributed by atoms with Gasteiger partial charge in [0.05, 0.1) is 21.7 Å². The van der Waals surface area contributed by atoms with E-state index in [1.807, 2.05) is 0 Å². The second-order valence-electron chi connectivity index (χ2n) is 4.87. The quantitative estimate of drug-likeness (QED) is 0.516. The fourth-order valence-corrected chi connectivity index (χ4v) is 3.75. The summed E-state index contributed by atoms with van der Waals surface area (Å²) in [5.74, 6) is 1.08. The number of benzene rings is 1. The highest BCUT2D eigenvalue weighted by Crippen LogP contribution is 2.32. The van der Waals surface area contributed by atoms with Crippen LogP contribution in [0.1, 0.15) is 0 Å². The molecule has 130 valence electrons. The van der Waals surface area contributed by atoms with Gasteiger partial charge in [-0.3, -0.25) is 0 Å². The van der Waals surface area contributed by atoms with Crippen molar-refractivity contribution in [2.75, 3.05) is 26.5 Å². The molecule has 0 spiro atoms. The Morgan fingerprint density at radius 2 is 1.83 bits per heavy atom. The van der Waals surface area contributed by atoms with Crippen molar-refractivity contribution in [1.29, 1.82) is 0 Å². The Morgan fingerprint density at radius 3 is 2.38 bits per heavy atom. The van der Waals surface area contributed by atoms with Crippen molar-refractivity contribution in [3.63, 3.8) is 0 Å². The van der Waals surface area contributed by atoms with Crippen LogP contribution in [0.5, 0.6) is 5.75 Å². The molecule has 0 atom stereocenters. The summed E-state index contributed by atoms with van der Waals surface area (Å²) in [6.45, 7) is 0.396. The van der Waals surface area contributed by atoms with E-state index in [1.54, 1.807) is 24.3 Å². The maximum Gasteiger partial charge on any atom is 0.244 e. The molecule has 2 rings (SSSR count). The predicted octanol–water partition coefficient (Wildman–Crippen LogP) is 3.81. The molecule has 9 heteroatoms. The molecule has 0 aliphatic rings. The zero-order chi connectivity index (χ0) is 17.7. The molecule has 1 heterocycles. The Morgan fingerprint density at radius 1 is 1.17 bits per heavy atom. The lowest BCUT2D eigenvalue weighted by Crippen LogP contribution is -2.22. The first-order chi connectivity index (χ1) is 11.3. The van der Waals surface area contributed by atoms with Crippen LogP contribution in [0.3, 0.4) is 0 Å². The highest BCUT2D eigenvalue weighted by Gasteiger charge is 2.17. The zero-order valence-electron chi connectivity index (χ0n) is 13.1. The third-order valence-corrected chi connectivity index (χ3v) is 6.29. The first-order valence-electron chi connectivity index (χ1n) is 6.90. The summed E-state index contributed by atoms with van der Waals surface area (Å²) in [6, 6.07) is 8.38. The summed E-state index contributed by atoms with van der Waals surface area (Å²) < 4.78 is 30.7. The SMILES string of the molecule is CN(C)S(=O)(=O)c1ccc(SCCOc2c(Cl)cccc2Cl)nc1. The van der Waals surface area contributed by atoms with E-state index < -0.39 is 10.0 Å². The Hall–Kier alpha value is -0.990. The lowest BCUT2D eigenvalue weighted by atomic mass is 10.3. The van der Waals surface area contributed by atoms with E-state index in [0.717, 1.165) is 4.31 Å². The number of halogens is 2. The number of para-hydroxylation sites is 1. The van der Waals surface area contributed by atoms with Gasteiger partial charge in [0.2, 0.25) is 10.0 Å². The first-order valence-corrected chi connectivity index (χ1v) is 10.1. The zero-order valence-corrected chi connectivity index (χ0v) is 16.2. The number of sulfonamides is 1. The largest absolute Gasteiger partial charge is 0.490 e. The van der Waals surface area contributed by atoms with Gasteiger partial charge in [0.15, 0.2) is 5.75 Å². The van der Waals surface area contributed by atoms with Gasteiger partial charge in [-0.25, -0.2) is 17.7 Å². The molecule has 0 fully saturated rings. The number of aromatic nitrogens is 1. The summed E-state index contributed by atoms with van der Waals surface area (Å²) in [7, 11) is -0.494. The van der Waals surface area contributed by atoms with Crippen LogP contribution in [0.2, 0.25) is 10.0 Å². The molecule has 0 aliphatic heterocycles. The number of thioether (sulfide) groups is 1. The maximum absolute atomic E-state index is 12.0. The number of rotatable bonds is 7. The summed E-state index contributed by atoms with van der Waals surface area (Å²) >= 11 is 13.5. The van der Waals surface area contributed by atoms with Crippen LogP contribution in [-0.4, -0.2) is 44.2 Å². The molecule has 1 aromatic carbocycles. The van der Waals surface area contributed by atoms with Gasteiger partial charge in [0.1, 0.15) is 4.90 Å². The van der Waals surface area contributed by atoms with Gasteiger partial charge in [-0.1, -0.05) is 29.3 Å². The monoisotopic (exact) mass is 406 g/mol. The Balaban J connectivity index is 1.89. The van der Waals surface area contributed by atoms with Crippen LogP contribution in [0.15, 0.2) is 46.5 Å². The van der Waals surface area contributed by atoms with E-state index in [4.69, 9.17) is 27.9 Å². The van der Waals surface area contributed by atoms with E-state index in [0.29, 0.717) is 33.2 Å². The van der Waals surface area contributed by atoms with Crippen molar-refractivity contribution in [2.45, 2.75) is 9.92 Å². The minimum absolute atomic E-state index is 0.163. The predicted molar refractivity (Wildman–Crippen MR) is 97.8 cm³/mol. The number of hydrogen-bond donors (Lipinski definition) is 0. The Bertz CT molecular complexity index is 777. The van der Waals surface area contributed by atoms with E-state index in [1.165, 1.54) is 38.1 Å². The van der Waals surface area contributed by atoms with Crippen LogP contribution in [0.25, 0.3) is 0 Å². The molecule has 1 aromatic heterocycles. The van der Waals surface area contributed by atoms with Crippen LogP contribution >= 0.6 is 35.0 Å². The maximum atomic E-state index is 12.0. The van der Waals surface area contributed by atoms with Gasteiger partial charge in [-0.15, -0.1) is 11.8 Å². The summed E-state index contributed by atoms with van der Waals surface area (Å²) in [4.78, 5) is 4.32. The number of nitrogens with zero attached hydrogens (tertiary/aromatic N) is 2. The molecule has 5 nitrogen and oxygen atoms in total. The second-order valence-corrected chi connectivity index (χ2v) is 8.95. The lowest BCUT2D eigenvalue weighted by molar-refractivity contribution is 0.344. The molecule has 0 saturated heterocycles. The van der Waals surface area contributed by atoms with Gasteiger partial charge in [-0.05, 0) is 24.3 Å². The summed E-state index contributed by atoms with van der Waals surface area (Å²) in [5.41, 5.74) is 0. The number of hydrogen-bond acceptors (Lipinski definition) is 5. The van der Waals surface area contributed by atoms with Crippen LogP contribution in [-0.2, 0) is 10.0 Å². The lowest BCUT2D eigenvalue weighted by Gasteiger charge is -2.11. The van der Waals surface area contributed by atoms with Crippen molar-refractivity contribution >= 4 is 45.0 Å². The molecule has 0 amide bonds. The number of ether oxygens (including phenoxy) is 1. The molecule has 0 saturated carbocycles.